The van der Waals surface area contributed by atoms with E-state index in [1.54, 1.807) is 0 Å². The van der Waals surface area contributed by atoms with Gasteiger partial charge in [-0.3, -0.25) is 9.48 Å². The van der Waals surface area contributed by atoms with Gasteiger partial charge in [0.2, 0.25) is 5.43 Å². The van der Waals surface area contributed by atoms with Crippen LogP contribution in [0, 0.1) is 0 Å². The predicted molar refractivity (Wildman–Crippen MR) is 74.3 cm³/mol. The van der Waals surface area contributed by atoms with Gasteiger partial charge in [-0.2, -0.15) is 18.3 Å². The third kappa shape index (κ3) is 2.98. The molecule has 0 saturated carbocycles. The second kappa shape index (κ2) is 5.23. The number of aromatic nitrogens is 2. The lowest BCUT2D eigenvalue weighted by molar-refractivity contribution is -0.144. The van der Waals surface area contributed by atoms with Gasteiger partial charge in [0.1, 0.15) is 11.4 Å². The van der Waals surface area contributed by atoms with Crippen molar-refractivity contribution in [3.05, 3.63) is 44.2 Å². The molecule has 0 unspecified atom stereocenters. The van der Waals surface area contributed by atoms with E-state index in [1.807, 2.05) is 0 Å². The topological polar surface area (TPSA) is 60.9 Å². The average Bonchev–Trinajstić information content (AvgIpc) is 2.35. The molecule has 0 fully saturated rings. The molecule has 112 valence electrons. The van der Waals surface area contributed by atoms with E-state index in [2.05, 4.69) is 5.10 Å². The summed E-state index contributed by atoms with van der Waals surface area (Å²) in [6.45, 7) is 0. The SMILES string of the molecule is Cn1nc(-c2cc(N)c(Cl)cc2Cl)c(=O)cc1C(F)(F)F. The maximum atomic E-state index is 12.7. The lowest BCUT2D eigenvalue weighted by atomic mass is 10.1. The first-order valence-electron chi connectivity index (χ1n) is 5.51. The van der Waals surface area contributed by atoms with E-state index in [4.69, 9.17) is 28.9 Å². The van der Waals surface area contributed by atoms with E-state index >= 15 is 0 Å². The Labute approximate surface area is 126 Å². The second-order valence-electron chi connectivity index (χ2n) is 4.22. The minimum atomic E-state index is -4.68. The number of hydrogen-bond acceptors (Lipinski definition) is 3. The molecule has 0 radical (unpaired) electrons. The average molecular weight is 338 g/mol. The summed E-state index contributed by atoms with van der Waals surface area (Å²) in [4.78, 5) is 11.9. The molecule has 0 aliphatic carbocycles. The van der Waals surface area contributed by atoms with Crippen molar-refractivity contribution < 1.29 is 13.2 Å². The highest BCUT2D eigenvalue weighted by atomic mass is 35.5. The minimum Gasteiger partial charge on any atom is -0.398 e. The van der Waals surface area contributed by atoms with E-state index < -0.39 is 17.3 Å². The first kappa shape index (κ1) is 15.7. The van der Waals surface area contributed by atoms with Gasteiger partial charge in [-0.15, -0.1) is 0 Å². The molecule has 0 saturated heterocycles. The highest BCUT2D eigenvalue weighted by Gasteiger charge is 2.34. The van der Waals surface area contributed by atoms with E-state index in [0.717, 1.165) is 7.05 Å². The molecule has 0 atom stereocenters. The first-order valence-corrected chi connectivity index (χ1v) is 6.27. The van der Waals surface area contributed by atoms with Crippen LogP contribution >= 0.6 is 23.2 Å². The summed E-state index contributed by atoms with van der Waals surface area (Å²) in [6.07, 6.45) is -4.68. The normalized spacial score (nSPS) is 11.7. The summed E-state index contributed by atoms with van der Waals surface area (Å²) < 4.78 is 38.7. The van der Waals surface area contributed by atoms with Crippen molar-refractivity contribution in [2.75, 3.05) is 5.73 Å². The highest BCUT2D eigenvalue weighted by molar-refractivity contribution is 6.37. The van der Waals surface area contributed by atoms with Crippen LogP contribution < -0.4 is 11.2 Å². The fourth-order valence-electron chi connectivity index (χ4n) is 1.74. The number of nitrogens with zero attached hydrogens (tertiary/aromatic N) is 2. The molecule has 4 nitrogen and oxygen atoms in total. The summed E-state index contributed by atoms with van der Waals surface area (Å²) in [5.41, 5.74) is 3.56. The molecule has 21 heavy (non-hydrogen) atoms. The number of benzene rings is 1. The number of anilines is 1. The van der Waals surface area contributed by atoms with Crippen LogP contribution in [0.5, 0.6) is 0 Å². The Hall–Kier alpha value is -1.73. The Morgan fingerprint density at radius 3 is 2.38 bits per heavy atom. The number of nitrogens with two attached hydrogens (primary N) is 1. The van der Waals surface area contributed by atoms with Gasteiger partial charge in [-0.05, 0) is 12.1 Å². The minimum absolute atomic E-state index is 0.0681. The summed E-state index contributed by atoms with van der Waals surface area (Å²) in [6, 6.07) is 3.05. The zero-order valence-corrected chi connectivity index (χ0v) is 12.0. The standard InChI is InChI=1S/C12H8Cl2F3N3O/c1-20-10(12(15,16)17)4-9(21)11(19-20)5-2-8(18)7(14)3-6(5)13/h2-4H,18H2,1H3. The van der Waals surface area contributed by atoms with E-state index in [9.17, 15) is 18.0 Å². The third-order valence-electron chi connectivity index (χ3n) is 2.73. The van der Waals surface area contributed by atoms with E-state index in [0.29, 0.717) is 10.7 Å². The van der Waals surface area contributed by atoms with Crippen molar-refractivity contribution in [2.45, 2.75) is 6.18 Å². The van der Waals surface area contributed by atoms with Gasteiger partial charge in [0.25, 0.3) is 0 Å². The van der Waals surface area contributed by atoms with E-state index in [1.165, 1.54) is 12.1 Å². The van der Waals surface area contributed by atoms with Gasteiger partial charge in [0.15, 0.2) is 0 Å². The van der Waals surface area contributed by atoms with Crippen molar-refractivity contribution >= 4 is 28.9 Å². The summed E-state index contributed by atoms with van der Waals surface area (Å²) in [5, 5.41) is 3.88. The Morgan fingerprint density at radius 1 is 1.19 bits per heavy atom. The van der Waals surface area contributed by atoms with E-state index in [-0.39, 0.29) is 27.0 Å². The molecule has 0 aliphatic heterocycles. The number of rotatable bonds is 1. The molecular formula is C12H8Cl2F3N3O. The fraction of sp³-hybridized carbons (Fsp3) is 0.167. The fourth-order valence-corrected chi connectivity index (χ4v) is 2.21. The molecule has 9 heteroatoms. The van der Waals surface area contributed by atoms with Crippen molar-refractivity contribution in [3.63, 3.8) is 0 Å². The van der Waals surface area contributed by atoms with Crippen LogP contribution in [0.4, 0.5) is 18.9 Å². The first-order chi connectivity index (χ1) is 9.61. The zero-order chi connectivity index (χ0) is 15.9. The molecular weight excluding hydrogens is 330 g/mol. The Kier molecular flexibility index (Phi) is 3.90. The summed E-state index contributed by atoms with van der Waals surface area (Å²) >= 11 is 11.7. The molecule has 2 N–H and O–H groups in total. The van der Waals surface area contributed by atoms with Crippen LogP contribution in [0.15, 0.2) is 23.0 Å². The Bertz CT molecular complexity index is 772. The predicted octanol–water partition coefficient (Wildman–Crippen LogP) is 3.36. The lowest BCUT2D eigenvalue weighted by Gasteiger charge is -2.13. The number of aryl methyl sites for hydroxylation is 1. The smallest absolute Gasteiger partial charge is 0.398 e. The Balaban J connectivity index is 2.70. The van der Waals surface area contributed by atoms with Crippen LogP contribution in [0.25, 0.3) is 11.3 Å². The quantitative estimate of drug-likeness (QED) is 0.811. The van der Waals surface area contributed by atoms with Crippen LogP contribution in [0.2, 0.25) is 10.0 Å². The van der Waals surface area contributed by atoms with Crippen molar-refractivity contribution in [1.82, 2.24) is 9.78 Å². The molecule has 0 amide bonds. The van der Waals surface area contributed by atoms with Crippen LogP contribution in [-0.2, 0) is 13.2 Å². The van der Waals surface area contributed by atoms with Gasteiger partial charge >= 0.3 is 6.18 Å². The van der Waals surface area contributed by atoms with Crippen molar-refractivity contribution in [1.29, 1.82) is 0 Å². The van der Waals surface area contributed by atoms with Crippen LogP contribution in [0.3, 0.4) is 0 Å². The second-order valence-corrected chi connectivity index (χ2v) is 5.03. The van der Waals surface area contributed by atoms with Crippen molar-refractivity contribution in [3.8, 4) is 11.3 Å². The number of alkyl halides is 3. The molecule has 1 aromatic carbocycles. The Morgan fingerprint density at radius 2 is 1.81 bits per heavy atom. The number of halogens is 5. The maximum absolute atomic E-state index is 12.7. The summed E-state index contributed by atoms with van der Waals surface area (Å²) in [7, 11) is 1.08. The monoisotopic (exact) mass is 337 g/mol. The van der Waals surface area contributed by atoms with Gasteiger partial charge in [-0.25, -0.2) is 0 Å². The largest absolute Gasteiger partial charge is 0.433 e. The molecule has 0 bridgehead atoms. The molecule has 1 heterocycles. The maximum Gasteiger partial charge on any atom is 0.433 e. The third-order valence-corrected chi connectivity index (χ3v) is 3.37. The van der Waals surface area contributed by atoms with Crippen molar-refractivity contribution in [2.24, 2.45) is 7.05 Å². The van der Waals surface area contributed by atoms with Crippen LogP contribution in [0.1, 0.15) is 5.69 Å². The zero-order valence-electron chi connectivity index (χ0n) is 10.5. The molecule has 0 spiro atoms. The summed E-state index contributed by atoms with van der Waals surface area (Å²) in [5.74, 6) is 0. The molecule has 2 rings (SSSR count). The number of nitrogen functional groups attached to an aromatic ring is 1. The van der Waals surface area contributed by atoms with Gasteiger partial charge in [0.05, 0.1) is 15.7 Å². The van der Waals surface area contributed by atoms with Gasteiger partial charge in [-0.1, -0.05) is 23.2 Å². The number of hydrogen-bond donors (Lipinski definition) is 1. The molecule has 1 aromatic heterocycles. The molecule has 2 aromatic rings. The van der Waals surface area contributed by atoms with Gasteiger partial charge < -0.3 is 5.73 Å². The molecule has 0 aliphatic rings. The van der Waals surface area contributed by atoms with Crippen LogP contribution in [-0.4, -0.2) is 9.78 Å². The highest BCUT2D eigenvalue weighted by Crippen LogP contribution is 2.33. The lowest BCUT2D eigenvalue weighted by Crippen LogP contribution is -2.22. The van der Waals surface area contributed by atoms with Gasteiger partial charge in [0, 0.05) is 18.7 Å².